The molecule has 0 unspecified atom stereocenters. The Hall–Kier alpha value is -0.220. The van der Waals surface area contributed by atoms with Crippen molar-refractivity contribution in [3.8, 4) is 0 Å². The Morgan fingerprint density at radius 1 is 1.18 bits per heavy atom. The first-order valence-electron chi connectivity index (χ1n) is 5.94. The van der Waals surface area contributed by atoms with Gasteiger partial charge in [-0.2, -0.15) is 0 Å². The molecule has 0 radical (unpaired) electrons. The molecule has 0 aromatic heterocycles. The Kier molecular flexibility index (Phi) is 6.97. The molecule has 2 nitrogen and oxygen atoms in total. The molecule has 2 rings (SSSR count). The molecule has 17 heavy (non-hydrogen) atoms. The molecule has 1 aromatic rings. The van der Waals surface area contributed by atoms with Crippen LogP contribution in [0.1, 0.15) is 12.0 Å². The van der Waals surface area contributed by atoms with E-state index in [9.17, 15) is 0 Å². The lowest BCUT2D eigenvalue weighted by atomic mass is 10.2. The van der Waals surface area contributed by atoms with Crippen LogP contribution in [-0.4, -0.2) is 37.3 Å². The second-order valence-corrected chi connectivity index (χ2v) is 5.11. The normalized spacial score (nSPS) is 17.2. The summed E-state index contributed by atoms with van der Waals surface area (Å²) in [6.45, 7) is 5.78. The minimum atomic E-state index is 0. The second-order valence-electron chi connectivity index (χ2n) is 4.23. The molecule has 0 bridgehead atoms. The zero-order valence-electron chi connectivity index (χ0n) is 10.3. The van der Waals surface area contributed by atoms with Crippen LogP contribution in [0, 0.1) is 0 Å². The summed E-state index contributed by atoms with van der Waals surface area (Å²) in [6, 6.07) is 8.94. The molecule has 0 atom stereocenters. The number of halogens is 1. The van der Waals surface area contributed by atoms with Gasteiger partial charge >= 0.3 is 0 Å². The molecule has 0 spiro atoms. The van der Waals surface area contributed by atoms with Crippen LogP contribution in [0.5, 0.6) is 0 Å². The van der Waals surface area contributed by atoms with Crippen LogP contribution in [0.25, 0.3) is 0 Å². The third-order valence-electron chi connectivity index (χ3n) is 3.00. The van der Waals surface area contributed by atoms with Gasteiger partial charge in [0.1, 0.15) is 0 Å². The van der Waals surface area contributed by atoms with Crippen LogP contribution < -0.4 is 5.32 Å². The molecule has 0 amide bonds. The molecule has 1 heterocycles. The van der Waals surface area contributed by atoms with Crippen LogP contribution in [0.3, 0.4) is 0 Å². The summed E-state index contributed by atoms with van der Waals surface area (Å²) >= 11 is 1.80. The van der Waals surface area contributed by atoms with Crippen molar-refractivity contribution >= 4 is 24.2 Å². The average molecular weight is 273 g/mol. The van der Waals surface area contributed by atoms with E-state index in [0.29, 0.717) is 0 Å². The quantitative estimate of drug-likeness (QED) is 0.852. The van der Waals surface area contributed by atoms with E-state index in [-0.39, 0.29) is 12.4 Å². The summed E-state index contributed by atoms with van der Waals surface area (Å²) in [5.41, 5.74) is 1.43. The molecule has 1 saturated heterocycles. The van der Waals surface area contributed by atoms with Crippen molar-refractivity contribution in [1.82, 2.24) is 10.2 Å². The third kappa shape index (κ3) is 4.88. The monoisotopic (exact) mass is 272 g/mol. The van der Waals surface area contributed by atoms with E-state index >= 15 is 0 Å². The fraction of sp³-hybridized carbons (Fsp3) is 0.538. The van der Waals surface area contributed by atoms with E-state index in [1.54, 1.807) is 11.8 Å². The molecule has 1 aromatic carbocycles. The number of hydrogen-bond acceptors (Lipinski definition) is 3. The van der Waals surface area contributed by atoms with Crippen LogP contribution in [0.4, 0.5) is 0 Å². The Balaban J connectivity index is 0.00000144. The van der Waals surface area contributed by atoms with Crippen LogP contribution in [0.2, 0.25) is 0 Å². The lowest BCUT2D eigenvalue weighted by Crippen LogP contribution is -2.27. The van der Waals surface area contributed by atoms with Gasteiger partial charge in [0, 0.05) is 24.5 Å². The molecule has 4 heteroatoms. The van der Waals surface area contributed by atoms with Gasteiger partial charge in [0.05, 0.1) is 0 Å². The maximum Gasteiger partial charge on any atom is 0.0234 e. The van der Waals surface area contributed by atoms with Crippen LogP contribution in [0.15, 0.2) is 29.2 Å². The number of thioether (sulfide) groups is 1. The van der Waals surface area contributed by atoms with Gasteiger partial charge in [-0.1, -0.05) is 12.1 Å². The van der Waals surface area contributed by atoms with Crippen LogP contribution >= 0.6 is 24.2 Å². The first kappa shape index (κ1) is 14.8. The van der Waals surface area contributed by atoms with Gasteiger partial charge in [0.15, 0.2) is 0 Å². The minimum absolute atomic E-state index is 0. The highest BCUT2D eigenvalue weighted by Gasteiger charge is 2.08. The zero-order valence-corrected chi connectivity index (χ0v) is 11.9. The molecule has 1 aliphatic rings. The van der Waals surface area contributed by atoms with E-state index in [1.807, 2.05) is 0 Å². The highest BCUT2D eigenvalue weighted by molar-refractivity contribution is 7.98. The summed E-state index contributed by atoms with van der Waals surface area (Å²) in [5, 5.41) is 3.44. The lowest BCUT2D eigenvalue weighted by molar-refractivity contribution is 0.284. The SMILES string of the molecule is CSc1ccc(CN2CCCNCC2)cc1.Cl. The smallest absolute Gasteiger partial charge is 0.0234 e. The maximum absolute atomic E-state index is 3.44. The number of nitrogens with zero attached hydrogens (tertiary/aromatic N) is 1. The first-order valence-corrected chi connectivity index (χ1v) is 7.17. The summed E-state index contributed by atoms with van der Waals surface area (Å²) in [7, 11) is 0. The Morgan fingerprint density at radius 3 is 2.65 bits per heavy atom. The number of hydrogen-bond donors (Lipinski definition) is 1. The van der Waals surface area contributed by atoms with Gasteiger partial charge in [0.2, 0.25) is 0 Å². The van der Waals surface area contributed by atoms with E-state index in [4.69, 9.17) is 0 Å². The molecule has 0 saturated carbocycles. The molecule has 96 valence electrons. The summed E-state index contributed by atoms with van der Waals surface area (Å²) in [5.74, 6) is 0. The van der Waals surface area contributed by atoms with Crippen molar-refractivity contribution in [3.63, 3.8) is 0 Å². The van der Waals surface area contributed by atoms with Gasteiger partial charge in [0.25, 0.3) is 0 Å². The standard InChI is InChI=1S/C13H20N2S.ClH/c1-16-13-5-3-12(4-6-13)11-15-9-2-7-14-8-10-15;/h3-6,14H,2,7-11H2,1H3;1H. The summed E-state index contributed by atoms with van der Waals surface area (Å²) < 4.78 is 0. The Labute approximate surface area is 115 Å². The van der Waals surface area contributed by atoms with E-state index < -0.39 is 0 Å². The fourth-order valence-corrected chi connectivity index (χ4v) is 2.46. The molecule has 1 N–H and O–H groups in total. The molecular formula is C13H21ClN2S. The topological polar surface area (TPSA) is 15.3 Å². The minimum Gasteiger partial charge on any atom is -0.315 e. The van der Waals surface area contributed by atoms with E-state index in [1.165, 1.54) is 36.5 Å². The molecule has 1 fully saturated rings. The van der Waals surface area contributed by atoms with Crippen molar-refractivity contribution in [1.29, 1.82) is 0 Å². The zero-order chi connectivity index (χ0) is 11.2. The fourth-order valence-electron chi connectivity index (χ4n) is 2.05. The molecule has 0 aliphatic carbocycles. The third-order valence-corrected chi connectivity index (χ3v) is 3.74. The van der Waals surface area contributed by atoms with Gasteiger partial charge < -0.3 is 5.32 Å². The number of nitrogens with one attached hydrogen (secondary N) is 1. The summed E-state index contributed by atoms with van der Waals surface area (Å²) in [4.78, 5) is 3.88. The highest BCUT2D eigenvalue weighted by Crippen LogP contribution is 2.16. The van der Waals surface area contributed by atoms with Crippen molar-refractivity contribution in [3.05, 3.63) is 29.8 Å². The predicted octanol–water partition coefficient (Wildman–Crippen LogP) is 2.63. The van der Waals surface area contributed by atoms with Crippen molar-refractivity contribution in [2.45, 2.75) is 17.9 Å². The van der Waals surface area contributed by atoms with E-state index in [2.05, 4.69) is 40.7 Å². The van der Waals surface area contributed by atoms with Gasteiger partial charge in [-0.15, -0.1) is 24.2 Å². The predicted molar refractivity (Wildman–Crippen MR) is 78.2 cm³/mol. The Bertz CT molecular complexity index is 308. The largest absolute Gasteiger partial charge is 0.315 e. The van der Waals surface area contributed by atoms with Gasteiger partial charge in [-0.25, -0.2) is 0 Å². The second kappa shape index (κ2) is 7.98. The lowest BCUT2D eigenvalue weighted by Gasteiger charge is -2.19. The first-order chi connectivity index (χ1) is 7.88. The number of benzene rings is 1. The number of rotatable bonds is 3. The Morgan fingerprint density at radius 2 is 1.94 bits per heavy atom. The van der Waals surface area contributed by atoms with Crippen molar-refractivity contribution < 1.29 is 0 Å². The molecular weight excluding hydrogens is 252 g/mol. The highest BCUT2D eigenvalue weighted by atomic mass is 35.5. The average Bonchev–Trinajstić information content (AvgIpc) is 2.59. The molecule has 1 aliphatic heterocycles. The van der Waals surface area contributed by atoms with Crippen LogP contribution in [-0.2, 0) is 6.54 Å². The summed E-state index contributed by atoms with van der Waals surface area (Å²) in [6.07, 6.45) is 3.39. The van der Waals surface area contributed by atoms with E-state index in [0.717, 1.165) is 13.1 Å². The van der Waals surface area contributed by atoms with Crippen molar-refractivity contribution in [2.75, 3.05) is 32.4 Å². The van der Waals surface area contributed by atoms with Gasteiger partial charge in [-0.3, -0.25) is 4.90 Å². The maximum atomic E-state index is 3.44. The van der Waals surface area contributed by atoms with Crippen molar-refractivity contribution in [2.24, 2.45) is 0 Å². The van der Waals surface area contributed by atoms with Gasteiger partial charge in [-0.05, 0) is 43.5 Å².